The summed E-state index contributed by atoms with van der Waals surface area (Å²) in [7, 11) is 1.73. The number of hydrogen-bond acceptors (Lipinski definition) is 5. The molecule has 0 radical (unpaired) electrons. The molecule has 0 spiro atoms. The van der Waals surface area contributed by atoms with E-state index in [1.54, 1.807) is 20.3 Å². The van der Waals surface area contributed by atoms with Crippen LogP contribution in [0.15, 0.2) is 29.3 Å². The van der Waals surface area contributed by atoms with E-state index in [1.165, 1.54) is 11.0 Å². The molecule has 2 aliphatic heterocycles. The minimum atomic E-state index is -0.00606. The van der Waals surface area contributed by atoms with E-state index in [1.807, 2.05) is 23.1 Å². The SMILES string of the molecule is CC(=O)N1CCCC(CN2CCN(c3ccc4c(=O)n(C)cnc4c3)CC2)C1. The molecule has 2 fully saturated rings. The van der Waals surface area contributed by atoms with Gasteiger partial charge in [-0.05, 0) is 37.0 Å². The second-order valence-corrected chi connectivity index (χ2v) is 8.12. The Labute approximate surface area is 165 Å². The summed E-state index contributed by atoms with van der Waals surface area (Å²) in [6.45, 7) is 8.57. The van der Waals surface area contributed by atoms with Crippen LogP contribution >= 0.6 is 0 Å². The van der Waals surface area contributed by atoms with Crippen molar-refractivity contribution in [2.75, 3.05) is 50.7 Å². The van der Waals surface area contributed by atoms with Crippen LogP contribution in [0.3, 0.4) is 0 Å². The number of piperidine rings is 1. The van der Waals surface area contributed by atoms with Crippen molar-refractivity contribution in [2.45, 2.75) is 19.8 Å². The summed E-state index contributed by atoms with van der Waals surface area (Å²) >= 11 is 0. The molecule has 28 heavy (non-hydrogen) atoms. The Kier molecular flexibility index (Phi) is 5.35. The van der Waals surface area contributed by atoms with Crippen molar-refractivity contribution >= 4 is 22.5 Å². The topological polar surface area (TPSA) is 61.7 Å². The molecule has 1 unspecified atom stereocenters. The monoisotopic (exact) mass is 383 g/mol. The zero-order chi connectivity index (χ0) is 19.7. The van der Waals surface area contributed by atoms with Gasteiger partial charge in [0.1, 0.15) is 0 Å². The van der Waals surface area contributed by atoms with Gasteiger partial charge >= 0.3 is 0 Å². The Balaban J connectivity index is 1.36. The Morgan fingerprint density at radius 1 is 1.18 bits per heavy atom. The number of benzene rings is 1. The summed E-state index contributed by atoms with van der Waals surface area (Å²) in [5.74, 6) is 0.791. The van der Waals surface area contributed by atoms with E-state index in [4.69, 9.17) is 0 Å². The standard InChI is InChI=1S/C21H29N5O2/c1-16(27)26-7-3-4-17(14-26)13-24-8-10-25(11-9-24)18-5-6-19-20(12-18)22-15-23(2)21(19)28/h5-6,12,15,17H,3-4,7-11,13-14H2,1-2H3. The number of nitrogens with zero attached hydrogens (tertiary/aromatic N) is 5. The number of anilines is 1. The first-order chi connectivity index (χ1) is 13.5. The minimum absolute atomic E-state index is 0.00606. The first-order valence-corrected chi connectivity index (χ1v) is 10.2. The number of piperazine rings is 1. The number of hydrogen-bond donors (Lipinski definition) is 0. The third-order valence-corrected chi connectivity index (χ3v) is 6.12. The largest absolute Gasteiger partial charge is 0.369 e. The van der Waals surface area contributed by atoms with Crippen LogP contribution in [0, 0.1) is 5.92 Å². The van der Waals surface area contributed by atoms with Crippen molar-refractivity contribution in [1.82, 2.24) is 19.4 Å². The van der Waals surface area contributed by atoms with E-state index >= 15 is 0 Å². The van der Waals surface area contributed by atoms with Crippen LogP contribution in [0.4, 0.5) is 5.69 Å². The number of aryl methyl sites for hydroxylation is 1. The maximum atomic E-state index is 12.2. The van der Waals surface area contributed by atoms with Crippen molar-refractivity contribution in [3.63, 3.8) is 0 Å². The highest BCUT2D eigenvalue weighted by Crippen LogP contribution is 2.22. The molecule has 0 aliphatic carbocycles. The predicted octanol–water partition coefficient (Wildman–Crippen LogP) is 1.31. The smallest absolute Gasteiger partial charge is 0.260 e. The van der Waals surface area contributed by atoms with Crippen LogP contribution in [-0.4, -0.2) is 71.1 Å². The van der Waals surface area contributed by atoms with Crippen molar-refractivity contribution in [2.24, 2.45) is 13.0 Å². The average molecular weight is 383 g/mol. The zero-order valence-corrected chi connectivity index (χ0v) is 16.8. The highest BCUT2D eigenvalue weighted by Gasteiger charge is 2.25. The molecule has 7 heteroatoms. The molecule has 0 N–H and O–H groups in total. The molecule has 2 aromatic rings. The van der Waals surface area contributed by atoms with Gasteiger partial charge in [0, 0.05) is 65.5 Å². The van der Waals surface area contributed by atoms with Crippen molar-refractivity contribution in [1.29, 1.82) is 0 Å². The minimum Gasteiger partial charge on any atom is -0.369 e. The summed E-state index contributed by atoms with van der Waals surface area (Å²) < 4.78 is 1.51. The highest BCUT2D eigenvalue weighted by molar-refractivity contribution is 5.81. The van der Waals surface area contributed by atoms with Crippen LogP contribution in [-0.2, 0) is 11.8 Å². The molecule has 3 heterocycles. The Morgan fingerprint density at radius 3 is 2.71 bits per heavy atom. The average Bonchev–Trinajstić information content (AvgIpc) is 2.71. The first kappa shape index (κ1) is 18.9. The number of amides is 1. The molecular formula is C21H29N5O2. The summed E-state index contributed by atoms with van der Waals surface area (Å²) in [4.78, 5) is 35.1. The van der Waals surface area contributed by atoms with Gasteiger partial charge in [0.25, 0.3) is 5.56 Å². The van der Waals surface area contributed by atoms with Crippen molar-refractivity contribution in [3.8, 4) is 0 Å². The van der Waals surface area contributed by atoms with Crippen LogP contribution < -0.4 is 10.5 Å². The maximum Gasteiger partial charge on any atom is 0.260 e. The number of likely N-dealkylation sites (tertiary alicyclic amines) is 1. The van der Waals surface area contributed by atoms with Gasteiger partial charge in [0.2, 0.25) is 5.91 Å². The molecule has 2 saturated heterocycles. The lowest BCUT2D eigenvalue weighted by Gasteiger charge is -2.40. The second-order valence-electron chi connectivity index (χ2n) is 8.12. The number of rotatable bonds is 3. The lowest BCUT2D eigenvalue weighted by Crippen LogP contribution is -2.50. The lowest BCUT2D eigenvalue weighted by molar-refractivity contribution is -0.130. The van der Waals surface area contributed by atoms with Crippen molar-refractivity contribution in [3.05, 3.63) is 34.9 Å². The predicted molar refractivity (Wildman–Crippen MR) is 111 cm³/mol. The number of aromatic nitrogens is 2. The second kappa shape index (κ2) is 7.91. The molecule has 150 valence electrons. The molecule has 1 amide bonds. The molecule has 0 saturated carbocycles. The third kappa shape index (κ3) is 3.90. The fourth-order valence-electron chi connectivity index (χ4n) is 4.45. The quantitative estimate of drug-likeness (QED) is 0.800. The maximum absolute atomic E-state index is 12.2. The number of carbonyl (C=O) groups is 1. The van der Waals surface area contributed by atoms with Gasteiger partial charge < -0.3 is 14.4 Å². The summed E-state index contributed by atoms with van der Waals surface area (Å²) in [5.41, 5.74) is 1.89. The van der Waals surface area contributed by atoms with E-state index < -0.39 is 0 Å². The van der Waals surface area contributed by atoms with Gasteiger partial charge in [0.05, 0.1) is 17.2 Å². The highest BCUT2D eigenvalue weighted by atomic mass is 16.2. The van der Waals surface area contributed by atoms with Gasteiger partial charge in [-0.1, -0.05) is 0 Å². The van der Waals surface area contributed by atoms with Crippen molar-refractivity contribution < 1.29 is 4.79 Å². The third-order valence-electron chi connectivity index (χ3n) is 6.12. The Bertz CT molecular complexity index is 917. The van der Waals surface area contributed by atoms with Crippen LogP contribution in [0.25, 0.3) is 10.9 Å². The van der Waals surface area contributed by atoms with E-state index in [9.17, 15) is 9.59 Å². The van der Waals surface area contributed by atoms with E-state index in [-0.39, 0.29) is 11.5 Å². The molecule has 2 aliphatic rings. The molecule has 1 atom stereocenters. The summed E-state index contributed by atoms with van der Waals surface area (Å²) in [5, 5.41) is 0.666. The fraction of sp³-hybridized carbons (Fsp3) is 0.571. The van der Waals surface area contributed by atoms with E-state index in [0.29, 0.717) is 11.3 Å². The normalized spacial score (nSPS) is 21.3. The molecule has 0 bridgehead atoms. The zero-order valence-electron chi connectivity index (χ0n) is 16.8. The van der Waals surface area contributed by atoms with Gasteiger partial charge in [-0.25, -0.2) is 4.98 Å². The van der Waals surface area contributed by atoms with E-state index in [2.05, 4.69) is 14.8 Å². The molecule has 7 nitrogen and oxygen atoms in total. The van der Waals surface area contributed by atoms with Gasteiger partial charge in [-0.3, -0.25) is 14.5 Å². The van der Waals surface area contributed by atoms with Crippen LogP contribution in [0.5, 0.6) is 0 Å². The number of carbonyl (C=O) groups excluding carboxylic acids is 1. The molecular weight excluding hydrogens is 354 g/mol. The Morgan fingerprint density at radius 2 is 1.96 bits per heavy atom. The summed E-state index contributed by atoms with van der Waals surface area (Å²) in [6.07, 6.45) is 3.92. The lowest BCUT2D eigenvalue weighted by atomic mass is 9.97. The fourth-order valence-corrected chi connectivity index (χ4v) is 4.45. The van der Waals surface area contributed by atoms with Crippen LogP contribution in [0.2, 0.25) is 0 Å². The van der Waals surface area contributed by atoms with Gasteiger partial charge in [-0.2, -0.15) is 0 Å². The summed E-state index contributed by atoms with van der Waals surface area (Å²) in [6, 6.07) is 5.95. The van der Waals surface area contributed by atoms with Gasteiger partial charge in [-0.15, -0.1) is 0 Å². The van der Waals surface area contributed by atoms with E-state index in [0.717, 1.165) is 63.4 Å². The Hall–Kier alpha value is -2.41. The van der Waals surface area contributed by atoms with Gasteiger partial charge in [0.15, 0.2) is 0 Å². The van der Waals surface area contributed by atoms with Crippen LogP contribution in [0.1, 0.15) is 19.8 Å². The molecule has 4 rings (SSSR count). The molecule has 1 aromatic carbocycles. The molecule has 1 aromatic heterocycles. The number of fused-ring (bicyclic) bond motifs is 1. The first-order valence-electron chi connectivity index (χ1n) is 10.2.